The van der Waals surface area contributed by atoms with Gasteiger partial charge in [0.05, 0.1) is 18.9 Å². The number of nitrogens with zero attached hydrogens (tertiary/aromatic N) is 1. The molecule has 138 valence electrons. The predicted molar refractivity (Wildman–Crippen MR) is 99.8 cm³/mol. The molecule has 1 N–H and O–H groups in total. The summed E-state index contributed by atoms with van der Waals surface area (Å²) < 4.78 is 53.5. The van der Waals surface area contributed by atoms with Gasteiger partial charge >= 0.3 is 0 Å². The molecule has 1 atom stereocenters. The Hall–Kier alpha value is -2.03. The summed E-state index contributed by atoms with van der Waals surface area (Å²) in [6.45, 7) is 1.40. The van der Waals surface area contributed by atoms with E-state index in [9.17, 15) is 22.3 Å². The molecule has 1 aromatic heterocycles. The first-order chi connectivity index (χ1) is 12.2. The summed E-state index contributed by atoms with van der Waals surface area (Å²) in [5, 5.41) is 11.4. The Balaban J connectivity index is 2.16. The smallest absolute Gasteiger partial charge is 0.233 e. The number of anilines is 1. The summed E-state index contributed by atoms with van der Waals surface area (Å²) in [4.78, 5) is 0. The van der Waals surface area contributed by atoms with Gasteiger partial charge in [0.1, 0.15) is 5.00 Å². The summed E-state index contributed by atoms with van der Waals surface area (Å²) in [6.07, 6.45) is 0.152. The lowest BCUT2D eigenvalue weighted by Crippen LogP contribution is -2.29. The van der Waals surface area contributed by atoms with Crippen LogP contribution < -0.4 is 4.31 Å². The number of hydrogen-bond acceptors (Lipinski definition) is 4. The highest BCUT2D eigenvalue weighted by molar-refractivity contribution is 7.92. The third-order valence-corrected chi connectivity index (χ3v) is 6.41. The number of hydrogen-bond donors (Lipinski definition) is 1. The minimum absolute atomic E-state index is 0.164. The highest BCUT2D eigenvalue weighted by atomic mass is 32.2. The average molecular weight is 397 g/mol. The van der Waals surface area contributed by atoms with Crippen LogP contribution in [0.5, 0.6) is 0 Å². The first-order valence-electron chi connectivity index (χ1n) is 7.79. The van der Waals surface area contributed by atoms with E-state index in [4.69, 9.17) is 0 Å². The highest BCUT2D eigenvalue weighted by Crippen LogP contribution is 2.43. The average Bonchev–Trinajstić information content (AvgIpc) is 2.93. The summed E-state index contributed by atoms with van der Waals surface area (Å²) >= 11 is 1.23. The molecule has 0 saturated carbocycles. The maximum absolute atomic E-state index is 13.5. The van der Waals surface area contributed by atoms with E-state index in [1.165, 1.54) is 17.4 Å². The van der Waals surface area contributed by atoms with Gasteiger partial charge in [0.25, 0.3) is 0 Å². The van der Waals surface area contributed by atoms with Crippen LogP contribution in [0.3, 0.4) is 0 Å². The van der Waals surface area contributed by atoms with Gasteiger partial charge in [0.15, 0.2) is 11.6 Å². The zero-order valence-electron chi connectivity index (χ0n) is 14.1. The third-order valence-electron chi connectivity index (χ3n) is 3.97. The maximum Gasteiger partial charge on any atom is 0.233 e. The van der Waals surface area contributed by atoms with E-state index in [1.807, 2.05) is 24.3 Å². The fourth-order valence-electron chi connectivity index (χ4n) is 2.78. The van der Waals surface area contributed by atoms with Crippen LogP contribution in [0.1, 0.15) is 24.2 Å². The van der Waals surface area contributed by atoms with Crippen LogP contribution in [-0.4, -0.2) is 19.8 Å². The second-order valence-corrected chi connectivity index (χ2v) is 8.95. The fraction of sp³-hybridized carbons (Fsp3) is 0.222. The van der Waals surface area contributed by atoms with E-state index in [1.54, 1.807) is 6.92 Å². The second-order valence-electron chi connectivity index (χ2n) is 6.01. The molecule has 0 spiro atoms. The molecule has 0 bridgehead atoms. The largest absolute Gasteiger partial charge is 0.389 e. The first-order valence-corrected chi connectivity index (χ1v) is 10.5. The standard InChI is InChI=1S/C18H17F2NO3S2/c1-11(22)17-13-5-3-4-6-16(13)25-18(17)21(26(2,23)24)10-12-7-8-14(19)15(20)9-12/h3-9,11,22H,10H2,1-2H3. The van der Waals surface area contributed by atoms with E-state index < -0.39 is 27.8 Å². The van der Waals surface area contributed by atoms with E-state index in [0.29, 0.717) is 16.1 Å². The van der Waals surface area contributed by atoms with Gasteiger partial charge in [-0.2, -0.15) is 0 Å². The second kappa shape index (κ2) is 6.94. The summed E-state index contributed by atoms with van der Waals surface area (Å²) in [6, 6.07) is 10.6. The molecule has 3 rings (SSSR count). The van der Waals surface area contributed by atoms with Crippen LogP contribution in [0.4, 0.5) is 13.8 Å². The van der Waals surface area contributed by atoms with Crippen molar-refractivity contribution in [2.24, 2.45) is 0 Å². The van der Waals surface area contributed by atoms with Crippen LogP contribution in [0.15, 0.2) is 42.5 Å². The minimum atomic E-state index is -3.73. The SMILES string of the molecule is CC(O)c1c(N(Cc2ccc(F)c(F)c2)S(C)(=O)=O)sc2ccccc12. The van der Waals surface area contributed by atoms with Crippen molar-refractivity contribution in [2.45, 2.75) is 19.6 Å². The Morgan fingerprint density at radius 2 is 1.85 bits per heavy atom. The summed E-state index contributed by atoms with van der Waals surface area (Å²) in [5.74, 6) is -2.03. The molecule has 0 amide bonds. The number of aliphatic hydroxyl groups excluding tert-OH is 1. The van der Waals surface area contributed by atoms with Gasteiger partial charge < -0.3 is 5.11 Å². The van der Waals surface area contributed by atoms with Gasteiger partial charge in [-0.05, 0) is 30.7 Å². The Morgan fingerprint density at radius 3 is 2.46 bits per heavy atom. The van der Waals surface area contributed by atoms with Crippen molar-refractivity contribution in [3.63, 3.8) is 0 Å². The number of aliphatic hydroxyl groups is 1. The van der Waals surface area contributed by atoms with Crippen LogP contribution in [0, 0.1) is 11.6 Å². The van der Waals surface area contributed by atoms with Gasteiger partial charge in [-0.15, -0.1) is 11.3 Å². The molecule has 1 heterocycles. The van der Waals surface area contributed by atoms with Crippen molar-refractivity contribution in [1.82, 2.24) is 0 Å². The quantitative estimate of drug-likeness (QED) is 0.702. The number of fused-ring (bicyclic) bond motifs is 1. The van der Waals surface area contributed by atoms with Crippen molar-refractivity contribution >= 4 is 36.4 Å². The first kappa shape index (κ1) is 18.8. The third kappa shape index (κ3) is 3.58. The molecule has 4 nitrogen and oxygen atoms in total. The van der Waals surface area contributed by atoms with Crippen molar-refractivity contribution < 1.29 is 22.3 Å². The molecule has 0 saturated heterocycles. The van der Waals surface area contributed by atoms with Gasteiger partial charge in [-0.25, -0.2) is 17.2 Å². The monoisotopic (exact) mass is 397 g/mol. The molecule has 3 aromatic rings. The van der Waals surface area contributed by atoms with Crippen LogP contribution in [0.2, 0.25) is 0 Å². The maximum atomic E-state index is 13.5. The Kier molecular flexibility index (Phi) is 5.01. The molecule has 0 radical (unpaired) electrons. The Bertz CT molecular complexity index is 1060. The Labute approximate surface area is 154 Å². The van der Waals surface area contributed by atoms with E-state index in [-0.39, 0.29) is 6.54 Å². The Morgan fingerprint density at radius 1 is 1.15 bits per heavy atom. The predicted octanol–water partition coefficient (Wildman–Crippen LogP) is 4.20. The lowest BCUT2D eigenvalue weighted by atomic mass is 10.1. The lowest BCUT2D eigenvalue weighted by molar-refractivity contribution is 0.201. The minimum Gasteiger partial charge on any atom is -0.389 e. The number of rotatable bonds is 5. The van der Waals surface area contributed by atoms with Crippen LogP contribution >= 0.6 is 11.3 Å². The van der Waals surface area contributed by atoms with Crippen LogP contribution in [0.25, 0.3) is 10.1 Å². The lowest BCUT2D eigenvalue weighted by Gasteiger charge is -2.23. The van der Waals surface area contributed by atoms with E-state index in [2.05, 4.69) is 0 Å². The molecule has 0 fully saturated rings. The number of halogens is 2. The highest BCUT2D eigenvalue weighted by Gasteiger charge is 2.27. The number of benzene rings is 2. The normalized spacial score (nSPS) is 13.1. The fourth-order valence-corrected chi connectivity index (χ4v) is 5.29. The number of sulfonamides is 1. The molecule has 0 aliphatic rings. The van der Waals surface area contributed by atoms with Gasteiger partial charge in [-0.1, -0.05) is 24.3 Å². The molecule has 0 aliphatic heterocycles. The molecule has 26 heavy (non-hydrogen) atoms. The van der Waals surface area contributed by atoms with Crippen molar-refractivity contribution in [2.75, 3.05) is 10.6 Å². The van der Waals surface area contributed by atoms with Crippen molar-refractivity contribution in [3.05, 3.63) is 65.2 Å². The molecular formula is C18H17F2NO3S2. The van der Waals surface area contributed by atoms with E-state index in [0.717, 1.165) is 32.8 Å². The molecular weight excluding hydrogens is 380 g/mol. The van der Waals surface area contributed by atoms with Gasteiger partial charge in [0.2, 0.25) is 10.0 Å². The zero-order chi connectivity index (χ0) is 19.1. The van der Waals surface area contributed by atoms with Crippen molar-refractivity contribution in [1.29, 1.82) is 0 Å². The zero-order valence-corrected chi connectivity index (χ0v) is 15.7. The van der Waals surface area contributed by atoms with E-state index >= 15 is 0 Å². The van der Waals surface area contributed by atoms with Crippen molar-refractivity contribution in [3.8, 4) is 0 Å². The van der Waals surface area contributed by atoms with Crippen LogP contribution in [-0.2, 0) is 16.6 Å². The van der Waals surface area contributed by atoms with Gasteiger partial charge in [-0.3, -0.25) is 4.31 Å². The molecule has 1 unspecified atom stereocenters. The topological polar surface area (TPSA) is 57.6 Å². The summed E-state index contributed by atoms with van der Waals surface area (Å²) in [5.41, 5.74) is 0.807. The van der Waals surface area contributed by atoms with Gasteiger partial charge in [0, 0.05) is 15.6 Å². The molecule has 8 heteroatoms. The molecule has 0 aliphatic carbocycles. The molecule has 2 aromatic carbocycles. The summed E-state index contributed by atoms with van der Waals surface area (Å²) in [7, 11) is -3.73. The number of thiophene rings is 1.